The van der Waals surface area contributed by atoms with E-state index in [4.69, 9.17) is 9.47 Å². The van der Waals surface area contributed by atoms with Crippen molar-refractivity contribution >= 4 is 24.4 Å². The van der Waals surface area contributed by atoms with Gasteiger partial charge in [-0.2, -0.15) is 0 Å². The minimum atomic E-state index is 0.433. The summed E-state index contributed by atoms with van der Waals surface area (Å²) < 4.78 is 10.9. The molecule has 23 heavy (non-hydrogen) atoms. The van der Waals surface area contributed by atoms with Crippen molar-refractivity contribution in [3.63, 3.8) is 0 Å². The van der Waals surface area contributed by atoms with Gasteiger partial charge in [-0.05, 0) is 22.9 Å². The van der Waals surface area contributed by atoms with Crippen LogP contribution in [-0.2, 0) is 9.53 Å². The number of hydrogen-bond donors (Lipinski definition) is 0. The molecule has 2 aromatic rings. The molecular weight excluding hydrogens is 292 g/mol. The van der Waals surface area contributed by atoms with Crippen molar-refractivity contribution in [3.8, 4) is 16.9 Å². The monoisotopic (exact) mass is 306 g/mol. The molecule has 4 heteroatoms. The summed E-state index contributed by atoms with van der Waals surface area (Å²) in [6.45, 7) is 0. The average Bonchev–Trinajstić information content (AvgIpc) is 2.59. The summed E-state index contributed by atoms with van der Waals surface area (Å²) in [4.78, 5) is 22.4. The Morgan fingerprint density at radius 1 is 1.04 bits per heavy atom. The van der Waals surface area contributed by atoms with Crippen molar-refractivity contribution in [2.24, 2.45) is 0 Å². The van der Waals surface area contributed by atoms with E-state index in [1.807, 2.05) is 30.3 Å². The third-order valence-electron chi connectivity index (χ3n) is 3.64. The molecule has 4 nitrogen and oxygen atoms in total. The average molecular weight is 306 g/mol. The number of benzene rings is 2. The van der Waals surface area contributed by atoms with Crippen LogP contribution < -0.4 is 15.2 Å². The maximum atomic E-state index is 11.3. The first-order valence-corrected chi connectivity index (χ1v) is 7.04. The highest BCUT2D eigenvalue weighted by atomic mass is 16.5. The minimum absolute atomic E-state index is 0.433. The van der Waals surface area contributed by atoms with Gasteiger partial charge in [-0.1, -0.05) is 30.3 Å². The van der Waals surface area contributed by atoms with E-state index in [1.54, 1.807) is 12.1 Å². The van der Waals surface area contributed by atoms with Gasteiger partial charge in [0, 0.05) is 22.4 Å². The molecule has 0 fully saturated rings. The van der Waals surface area contributed by atoms with Gasteiger partial charge in [0.25, 0.3) is 0 Å². The molecule has 0 saturated heterocycles. The molecule has 0 radical (unpaired) electrons. The molecule has 0 aromatic heterocycles. The van der Waals surface area contributed by atoms with Crippen LogP contribution in [0.3, 0.4) is 0 Å². The number of ether oxygens (including phenoxy) is 2. The number of methoxy groups -OCH3 is 1. The predicted octanol–water partition coefficient (Wildman–Crippen LogP) is 1.81. The smallest absolute Gasteiger partial charge is 0.150 e. The van der Waals surface area contributed by atoms with E-state index >= 15 is 0 Å². The molecule has 0 spiro atoms. The normalized spacial score (nSPS) is 13.3. The summed E-state index contributed by atoms with van der Waals surface area (Å²) in [7, 11) is 1.54. The largest absolute Gasteiger partial charge is 0.504 e. The fourth-order valence-electron chi connectivity index (χ4n) is 2.67. The topological polar surface area (TPSA) is 52.6 Å². The van der Waals surface area contributed by atoms with E-state index in [0.717, 1.165) is 17.4 Å². The number of hydrogen-bond acceptors (Lipinski definition) is 4. The molecule has 2 aromatic carbocycles. The Balaban J connectivity index is 2.49. The number of rotatable bonds is 4. The Morgan fingerprint density at radius 2 is 1.87 bits per heavy atom. The first kappa shape index (κ1) is 14.8. The Morgan fingerprint density at radius 3 is 2.61 bits per heavy atom. The standard InChI is InChI=1S/C19H14O4/c1-22-11-9-18-19-14(8-10-20)13(12-21)6-7-16(19)15-4-2-3-5-17(15)23-18/h2-12H,1H3/b11-9-,14-8+. The van der Waals surface area contributed by atoms with E-state index in [0.29, 0.717) is 33.8 Å². The van der Waals surface area contributed by atoms with Gasteiger partial charge in [0.05, 0.1) is 13.4 Å². The summed E-state index contributed by atoms with van der Waals surface area (Å²) in [5.41, 5.74) is 2.25. The lowest BCUT2D eigenvalue weighted by atomic mass is 9.95. The molecule has 1 aliphatic rings. The van der Waals surface area contributed by atoms with Gasteiger partial charge >= 0.3 is 0 Å². The van der Waals surface area contributed by atoms with Gasteiger partial charge in [0.15, 0.2) is 6.29 Å². The van der Waals surface area contributed by atoms with Crippen LogP contribution in [0, 0.1) is 0 Å². The molecule has 0 N–H and O–H groups in total. The van der Waals surface area contributed by atoms with Gasteiger partial charge in [-0.3, -0.25) is 9.59 Å². The van der Waals surface area contributed by atoms with E-state index in [-0.39, 0.29) is 0 Å². The van der Waals surface area contributed by atoms with Crippen molar-refractivity contribution in [1.29, 1.82) is 0 Å². The first-order chi connectivity index (χ1) is 11.3. The fourth-order valence-corrected chi connectivity index (χ4v) is 2.67. The Kier molecular flexibility index (Phi) is 4.06. The zero-order chi connectivity index (χ0) is 16.2. The van der Waals surface area contributed by atoms with E-state index in [2.05, 4.69) is 0 Å². The highest BCUT2D eigenvalue weighted by Crippen LogP contribution is 2.32. The number of carbonyl (C=O) groups excluding carboxylic acids is 2. The van der Waals surface area contributed by atoms with Crippen LogP contribution in [0.5, 0.6) is 5.75 Å². The van der Waals surface area contributed by atoms with Crippen molar-refractivity contribution in [2.45, 2.75) is 0 Å². The lowest BCUT2D eigenvalue weighted by Crippen LogP contribution is -2.35. The minimum Gasteiger partial charge on any atom is -0.504 e. The molecule has 114 valence electrons. The Hall–Kier alpha value is -3.14. The number of aldehydes is 2. The molecule has 1 aliphatic heterocycles. The first-order valence-electron chi connectivity index (χ1n) is 7.04. The lowest BCUT2D eigenvalue weighted by Gasteiger charge is -2.19. The second-order valence-electron chi connectivity index (χ2n) is 4.91. The van der Waals surface area contributed by atoms with Gasteiger partial charge in [-0.15, -0.1) is 0 Å². The van der Waals surface area contributed by atoms with Gasteiger partial charge in [-0.25, -0.2) is 0 Å². The Bertz CT molecular complexity index is 923. The third kappa shape index (κ3) is 2.55. The van der Waals surface area contributed by atoms with Crippen LogP contribution in [-0.4, -0.2) is 19.7 Å². The quantitative estimate of drug-likeness (QED) is 0.638. The lowest BCUT2D eigenvalue weighted by molar-refractivity contribution is -0.103. The second-order valence-corrected chi connectivity index (χ2v) is 4.91. The molecule has 0 atom stereocenters. The summed E-state index contributed by atoms with van der Waals surface area (Å²) in [5, 5.41) is 1.24. The zero-order valence-electron chi connectivity index (χ0n) is 12.5. The summed E-state index contributed by atoms with van der Waals surface area (Å²) >= 11 is 0. The van der Waals surface area contributed by atoms with Crippen LogP contribution >= 0.6 is 0 Å². The molecule has 0 aliphatic carbocycles. The van der Waals surface area contributed by atoms with Crippen molar-refractivity contribution in [1.82, 2.24) is 0 Å². The Labute approximate surface area is 133 Å². The summed E-state index contributed by atoms with van der Waals surface area (Å²) in [5.74, 6) is 1.24. The molecule has 1 heterocycles. The van der Waals surface area contributed by atoms with Crippen LogP contribution in [0.2, 0.25) is 0 Å². The molecular formula is C19H14O4. The van der Waals surface area contributed by atoms with Crippen LogP contribution in [0.4, 0.5) is 0 Å². The highest BCUT2D eigenvalue weighted by molar-refractivity contribution is 5.91. The van der Waals surface area contributed by atoms with E-state index in [1.165, 1.54) is 19.4 Å². The summed E-state index contributed by atoms with van der Waals surface area (Å²) in [6.07, 6.45) is 5.94. The molecule has 0 unspecified atom stereocenters. The van der Waals surface area contributed by atoms with Gasteiger partial charge < -0.3 is 9.47 Å². The number of para-hydroxylation sites is 1. The maximum Gasteiger partial charge on any atom is 0.150 e. The summed E-state index contributed by atoms with van der Waals surface area (Å²) in [6, 6.07) is 11.2. The van der Waals surface area contributed by atoms with Gasteiger partial charge in [0.1, 0.15) is 17.8 Å². The van der Waals surface area contributed by atoms with Crippen molar-refractivity contribution in [2.75, 3.05) is 7.11 Å². The molecule has 0 saturated carbocycles. The van der Waals surface area contributed by atoms with E-state index in [9.17, 15) is 9.59 Å². The van der Waals surface area contributed by atoms with Crippen molar-refractivity contribution in [3.05, 3.63) is 64.7 Å². The molecule has 3 rings (SSSR count). The van der Waals surface area contributed by atoms with Crippen LogP contribution in [0.15, 0.2) is 48.7 Å². The number of fused-ring (bicyclic) bond motifs is 3. The third-order valence-corrected chi connectivity index (χ3v) is 3.64. The van der Waals surface area contributed by atoms with E-state index < -0.39 is 0 Å². The van der Waals surface area contributed by atoms with Crippen molar-refractivity contribution < 1.29 is 19.1 Å². The SMILES string of the molecule is CO/C=C\C1=c2c(ccc(C=O)/c2=C\C=O)-c2ccccc2O1. The molecule has 0 amide bonds. The molecule has 0 bridgehead atoms. The van der Waals surface area contributed by atoms with Crippen LogP contribution in [0.1, 0.15) is 10.4 Å². The number of carbonyl (C=O) groups is 2. The predicted molar refractivity (Wildman–Crippen MR) is 87.2 cm³/mol. The fraction of sp³-hybridized carbons (Fsp3) is 0.0526. The van der Waals surface area contributed by atoms with Gasteiger partial charge in [0.2, 0.25) is 0 Å². The maximum absolute atomic E-state index is 11.3. The highest BCUT2D eigenvalue weighted by Gasteiger charge is 2.18. The van der Waals surface area contributed by atoms with Crippen LogP contribution in [0.25, 0.3) is 23.0 Å². The zero-order valence-corrected chi connectivity index (χ0v) is 12.5. The second kappa shape index (κ2) is 6.32.